The van der Waals surface area contributed by atoms with Crippen LogP contribution >= 0.6 is 15.9 Å². The second kappa shape index (κ2) is 5.73. The van der Waals surface area contributed by atoms with Gasteiger partial charge in [-0.3, -0.25) is 4.90 Å². The van der Waals surface area contributed by atoms with Crippen LogP contribution < -0.4 is 4.90 Å². The number of piperazine rings is 1. The highest BCUT2D eigenvalue weighted by molar-refractivity contribution is 9.09. The van der Waals surface area contributed by atoms with Gasteiger partial charge in [-0.1, -0.05) is 15.9 Å². The van der Waals surface area contributed by atoms with Crippen molar-refractivity contribution in [1.82, 2.24) is 14.9 Å². The molecular formula is C11H16BrFN4. The first-order valence-corrected chi connectivity index (χ1v) is 6.85. The zero-order chi connectivity index (χ0) is 12.3. The zero-order valence-corrected chi connectivity index (χ0v) is 11.5. The summed E-state index contributed by atoms with van der Waals surface area (Å²) in [5, 5.41) is 0.980. The Bertz CT molecular complexity index is 380. The van der Waals surface area contributed by atoms with Gasteiger partial charge in [-0.25, -0.2) is 14.4 Å². The van der Waals surface area contributed by atoms with E-state index in [1.807, 2.05) is 4.90 Å². The first kappa shape index (κ1) is 12.7. The molecule has 2 rings (SSSR count). The van der Waals surface area contributed by atoms with Crippen molar-refractivity contribution in [3.8, 4) is 0 Å². The van der Waals surface area contributed by atoms with Gasteiger partial charge in [0, 0.05) is 38.1 Å². The van der Waals surface area contributed by atoms with Crippen molar-refractivity contribution in [2.24, 2.45) is 0 Å². The third-order valence-corrected chi connectivity index (χ3v) is 3.37. The van der Waals surface area contributed by atoms with Crippen molar-refractivity contribution in [2.45, 2.75) is 6.92 Å². The van der Waals surface area contributed by atoms with Crippen LogP contribution in [0.5, 0.6) is 0 Å². The molecule has 0 spiro atoms. The van der Waals surface area contributed by atoms with E-state index >= 15 is 0 Å². The Morgan fingerprint density at radius 3 is 2.65 bits per heavy atom. The number of rotatable bonds is 3. The predicted molar refractivity (Wildman–Crippen MR) is 69.2 cm³/mol. The standard InChI is InChI=1S/C11H16BrFN4/c1-9-10(13)11(15-8-14-9)17-6-4-16(3-2-12)5-7-17/h8H,2-7H2,1H3. The Balaban J connectivity index is 2.03. The maximum Gasteiger partial charge on any atom is 0.186 e. The van der Waals surface area contributed by atoms with Crippen LogP contribution in [0, 0.1) is 12.7 Å². The van der Waals surface area contributed by atoms with E-state index in [9.17, 15) is 4.39 Å². The van der Waals surface area contributed by atoms with Gasteiger partial charge in [0.25, 0.3) is 0 Å². The number of hydrogen-bond acceptors (Lipinski definition) is 4. The summed E-state index contributed by atoms with van der Waals surface area (Å²) >= 11 is 3.43. The lowest BCUT2D eigenvalue weighted by atomic mass is 10.3. The van der Waals surface area contributed by atoms with E-state index in [0.29, 0.717) is 11.5 Å². The van der Waals surface area contributed by atoms with Crippen LogP contribution in [-0.4, -0.2) is 52.9 Å². The second-order valence-electron chi connectivity index (χ2n) is 4.11. The SMILES string of the molecule is Cc1ncnc(N2CCN(CCBr)CC2)c1F. The molecule has 1 aromatic heterocycles. The smallest absolute Gasteiger partial charge is 0.186 e. The van der Waals surface area contributed by atoms with Crippen LogP contribution in [0.4, 0.5) is 10.2 Å². The normalized spacial score (nSPS) is 17.5. The fraction of sp³-hybridized carbons (Fsp3) is 0.636. The molecular weight excluding hydrogens is 287 g/mol. The highest BCUT2D eigenvalue weighted by Gasteiger charge is 2.20. The molecule has 0 atom stereocenters. The van der Waals surface area contributed by atoms with Crippen LogP contribution in [0.3, 0.4) is 0 Å². The van der Waals surface area contributed by atoms with Gasteiger partial charge in [0.1, 0.15) is 6.33 Å². The third-order valence-electron chi connectivity index (χ3n) is 3.02. The highest BCUT2D eigenvalue weighted by atomic mass is 79.9. The molecule has 1 aromatic rings. The van der Waals surface area contributed by atoms with Gasteiger partial charge in [0.15, 0.2) is 11.6 Å². The van der Waals surface area contributed by atoms with Gasteiger partial charge in [0.05, 0.1) is 5.69 Å². The minimum absolute atomic E-state index is 0.290. The molecule has 1 fully saturated rings. The van der Waals surface area contributed by atoms with E-state index < -0.39 is 0 Å². The average Bonchev–Trinajstić information content (AvgIpc) is 2.34. The molecule has 0 amide bonds. The lowest BCUT2D eigenvalue weighted by Gasteiger charge is -2.35. The average molecular weight is 303 g/mol. The van der Waals surface area contributed by atoms with E-state index in [0.717, 1.165) is 38.1 Å². The van der Waals surface area contributed by atoms with E-state index in [1.165, 1.54) is 6.33 Å². The molecule has 6 heteroatoms. The van der Waals surface area contributed by atoms with Gasteiger partial charge >= 0.3 is 0 Å². The Morgan fingerprint density at radius 2 is 2.00 bits per heavy atom. The molecule has 1 aliphatic heterocycles. The Morgan fingerprint density at radius 1 is 1.29 bits per heavy atom. The first-order valence-electron chi connectivity index (χ1n) is 5.72. The lowest BCUT2D eigenvalue weighted by Crippen LogP contribution is -2.47. The van der Waals surface area contributed by atoms with Gasteiger partial charge in [-0.2, -0.15) is 0 Å². The molecule has 1 aliphatic rings. The molecule has 1 saturated heterocycles. The number of aromatic nitrogens is 2. The summed E-state index contributed by atoms with van der Waals surface area (Å²) in [5.41, 5.74) is 0.415. The quantitative estimate of drug-likeness (QED) is 0.791. The maximum absolute atomic E-state index is 13.8. The van der Waals surface area contributed by atoms with Crippen molar-refractivity contribution < 1.29 is 4.39 Å². The van der Waals surface area contributed by atoms with Gasteiger partial charge in [0.2, 0.25) is 0 Å². The molecule has 0 aliphatic carbocycles. The minimum Gasteiger partial charge on any atom is -0.352 e. The number of halogens is 2. The van der Waals surface area contributed by atoms with E-state index in [1.54, 1.807) is 6.92 Å². The second-order valence-corrected chi connectivity index (χ2v) is 4.91. The Kier molecular flexibility index (Phi) is 4.28. The van der Waals surface area contributed by atoms with Crippen LogP contribution in [-0.2, 0) is 0 Å². The van der Waals surface area contributed by atoms with Crippen molar-refractivity contribution in [1.29, 1.82) is 0 Å². The summed E-state index contributed by atoms with van der Waals surface area (Å²) in [6.07, 6.45) is 1.43. The zero-order valence-electron chi connectivity index (χ0n) is 9.86. The van der Waals surface area contributed by atoms with E-state index in [2.05, 4.69) is 30.8 Å². The number of alkyl halides is 1. The third kappa shape index (κ3) is 2.93. The van der Waals surface area contributed by atoms with Crippen LogP contribution in [0.1, 0.15) is 5.69 Å². The first-order chi connectivity index (χ1) is 8.22. The molecule has 2 heterocycles. The molecule has 17 heavy (non-hydrogen) atoms. The highest BCUT2D eigenvalue weighted by Crippen LogP contribution is 2.18. The summed E-state index contributed by atoms with van der Waals surface area (Å²) in [6.45, 7) is 6.25. The molecule has 0 radical (unpaired) electrons. The summed E-state index contributed by atoms with van der Waals surface area (Å²) in [5.74, 6) is 0.150. The van der Waals surface area contributed by atoms with Crippen molar-refractivity contribution in [2.75, 3.05) is 43.0 Å². The van der Waals surface area contributed by atoms with E-state index in [4.69, 9.17) is 0 Å². The Labute approximate surface area is 109 Å². The summed E-state index contributed by atoms with van der Waals surface area (Å²) in [6, 6.07) is 0. The molecule has 0 unspecified atom stereocenters. The molecule has 0 saturated carbocycles. The fourth-order valence-corrected chi connectivity index (χ4v) is 2.47. The predicted octanol–water partition coefficient (Wildman–Crippen LogP) is 1.44. The monoisotopic (exact) mass is 302 g/mol. The lowest BCUT2D eigenvalue weighted by molar-refractivity contribution is 0.272. The topological polar surface area (TPSA) is 32.3 Å². The fourth-order valence-electron chi connectivity index (χ4n) is 1.97. The summed E-state index contributed by atoms with van der Waals surface area (Å²) < 4.78 is 13.8. The number of aryl methyl sites for hydroxylation is 1. The summed E-state index contributed by atoms with van der Waals surface area (Å²) in [7, 11) is 0. The van der Waals surface area contributed by atoms with Gasteiger partial charge in [-0.15, -0.1) is 0 Å². The van der Waals surface area contributed by atoms with Crippen LogP contribution in [0.25, 0.3) is 0 Å². The van der Waals surface area contributed by atoms with Crippen LogP contribution in [0.2, 0.25) is 0 Å². The number of anilines is 1. The van der Waals surface area contributed by atoms with Gasteiger partial charge in [-0.05, 0) is 6.92 Å². The molecule has 94 valence electrons. The minimum atomic E-state index is -0.290. The van der Waals surface area contributed by atoms with Crippen molar-refractivity contribution in [3.05, 3.63) is 17.8 Å². The van der Waals surface area contributed by atoms with Crippen molar-refractivity contribution in [3.63, 3.8) is 0 Å². The molecule has 4 nitrogen and oxygen atoms in total. The Hall–Kier alpha value is -0.750. The molecule has 0 bridgehead atoms. The molecule has 0 N–H and O–H groups in total. The summed E-state index contributed by atoms with van der Waals surface area (Å²) in [4.78, 5) is 12.2. The molecule has 0 aromatic carbocycles. The van der Waals surface area contributed by atoms with Crippen molar-refractivity contribution >= 4 is 21.7 Å². The van der Waals surface area contributed by atoms with E-state index in [-0.39, 0.29) is 5.82 Å². The largest absolute Gasteiger partial charge is 0.352 e. The number of nitrogens with zero attached hydrogens (tertiary/aromatic N) is 4. The maximum atomic E-state index is 13.8. The number of hydrogen-bond donors (Lipinski definition) is 0. The van der Waals surface area contributed by atoms with Gasteiger partial charge < -0.3 is 4.90 Å². The van der Waals surface area contributed by atoms with Crippen LogP contribution in [0.15, 0.2) is 6.33 Å².